The van der Waals surface area contributed by atoms with Crippen molar-refractivity contribution in [3.63, 3.8) is 0 Å². The van der Waals surface area contributed by atoms with Crippen molar-refractivity contribution in [1.29, 1.82) is 0 Å². The van der Waals surface area contributed by atoms with Crippen LogP contribution in [0.2, 0.25) is 0 Å². The minimum atomic E-state index is -0.680. The molecule has 1 fully saturated rings. The molecule has 2 aromatic carbocycles. The summed E-state index contributed by atoms with van der Waals surface area (Å²) in [6, 6.07) is 19.0. The van der Waals surface area contributed by atoms with Crippen molar-refractivity contribution in [3.05, 3.63) is 66.2 Å². The molecule has 2 aliphatic rings. The van der Waals surface area contributed by atoms with Gasteiger partial charge >= 0.3 is 0 Å². The third-order valence-electron chi connectivity index (χ3n) is 4.57. The molecule has 1 aliphatic carbocycles. The van der Waals surface area contributed by atoms with E-state index >= 15 is 0 Å². The zero-order valence-corrected chi connectivity index (χ0v) is 14.1. The summed E-state index contributed by atoms with van der Waals surface area (Å²) in [5, 5.41) is 0. The second-order valence-corrected chi connectivity index (χ2v) is 6.84. The molecular weight excluding hydrogens is 300 g/mol. The minimum Gasteiger partial charge on any atom is -0.341 e. The van der Waals surface area contributed by atoms with Crippen LogP contribution >= 0.6 is 0 Å². The lowest BCUT2D eigenvalue weighted by Crippen LogP contribution is -2.48. The summed E-state index contributed by atoms with van der Waals surface area (Å²) in [5.74, 6) is -0.680. The summed E-state index contributed by atoms with van der Waals surface area (Å²) >= 11 is 0. The third-order valence-corrected chi connectivity index (χ3v) is 4.57. The van der Waals surface area contributed by atoms with Crippen LogP contribution in [0.4, 0.5) is 0 Å². The Balaban J connectivity index is 1.59. The number of hydrogen-bond donors (Lipinski definition) is 0. The van der Waals surface area contributed by atoms with Gasteiger partial charge in [0.1, 0.15) is 6.10 Å². The van der Waals surface area contributed by atoms with E-state index in [9.17, 15) is 0 Å². The van der Waals surface area contributed by atoms with Gasteiger partial charge in [0.25, 0.3) is 0 Å². The molecule has 24 heavy (non-hydrogen) atoms. The molecule has 124 valence electrons. The van der Waals surface area contributed by atoms with Crippen LogP contribution < -0.4 is 0 Å². The van der Waals surface area contributed by atoms with Crippen LogP contribution in [0.1, 0.15) is 32.3 Å². The summed E-state index contributed by atoms with van der Waals surface area (Å²) in [6.07, 6.45) is 4.08. The first-order valence-electron chi connectivity index (χ1n) is 8.51. The van der Waals surface area contributed by atoms with Crippen molar-refractivity contribution in [2.45, 2.75) is 44.7 Å². The first kappa shape index (κ1) is 15.6. The molecule has 0 N–H and O–H groups in total. The quantitative estimate of drug-likeness (QED) is 0.730. The van der Waals surface area contributed by atoms with Gasteiger partial charge in [0.05, 0.1) is 6.10 Å². The first-order valence-corrected chi connectivity index (χ1v) is 8.51. The maximum absolute atomic E-state index is 6.03. The Morgan fingerprint density at radius 2 is 1.54 bits per heavy atom. The van der Waals surface area contributed by atoms with Crippen LogP contribution in [-0.4, -0.2) is 18.0 Å². The molecule has 1 saturated heterocycles. The zero-order chi connectivity index (χ0) is 16.6. The smallest absolute Gasteiger partial charge is 0.196 e. The Hall–Kier alpha value is -1.94. The van der Waals surface area contributed by atoms with Crippen LogP contribution in [0.5, 0.6) is 0 Å². The first-order chi connectivity index (χ1) is 11.6. The van der Waals surface area contributed by atoms with Crippen molar-refractivity contribution in [1.82, 2.24) is 0 Å². The van der Waals surface area contributed by atoms with Gasteiger partial charge in [-0.1, -0.05) is 60.7 Å². The normalized spacial score (nSPS) is 25.7. The zero-order valence-electron chi connectivity index (χ0n) is 14.1. The van der Waals surface area contributed by atoms with E-state index in [2.05, 4.69) is 54.6 Å². The van der Waals surface area contributed by atoms with Crippen LogP contribution in [0.15, 0.2) is 60.7 Å². The second-order valence-electron chi connectivity index (χ2n) is 6.84. The van der Waals surface area contributed by atoms with E-state index in [0.29, 0.717) is 0 Å². The van der Waals surface area contributed by atoms with Gasteiger partial charge in [0.2, 0.25) is 0 Å². The van der Waals surface area contributed by atoms with Gasteiger partial charge in [-0.25, -0.2) is 9.78 Å². The van der Waals surface area contributed by atoms with Gasteiger partial charge in [-0.3, -0.25) is 0 Å². The van der Waals surface area contributed by atoms with E-state index in [-0.39, 0.29) is 12.2 Å². The second kappa shape index (κ2) is 6.17. The van der Waals surface area contributed by atoms with Crippen molar-refractivity contribution in [2.75, 3.05) is 0 Å². The van der Waals surface area contributed by atoms with Gasteiger partial charge in [0, 0.05) is 0 Å². The number of ether oxygens (including phenoxy) is 1. The number of hydrogen-bond acceptors (Lipinski definition) is 3. The minimum absolute atomic E-state index is 0.0440. The Morgan fingerprint density at radius 1 is 0.875 bits per heavy atom. The summed E-state index contributed by atoms with van der Waals surface area (Å²) in [7, 11) is 0. The molecule has 0 radical (unpaired) electrons. The fraction of sp³-hybridized carbons (Fsp3) is 0.333. The molecule has 1 aliphatic heterocycles. The number of benzene rings is 2. The highest BCUT2D eigenvalue weighted by Crippen LogP contribution is 2.38. The van der Waals surface area contributed by atoms with Crippen LogP contribution in [0, 0.1) is 0 Å². The highest BCUT2D eigenvalue weighted by atomic mass is 17.2. The Bertz CT molecular complexity index is 731. The highest BCUT2D eigenvalue weighted by Gasteiger charge is 2.41. The maximum atomic E-state index is 6.03. The molecule has 0 unspecified atom stereocenters. The molecule has 2 aromatic rings. The van der Waals surface area contributed by atoms with Gasteiger partial charge in [-0.2, -0.15) is 0 Å². The number of fused-ring (bicyclic) bond motifs is 1. The van der Waals surface area contributed by atoms with Crippen LogP contribution in [0.25, 0.3) is 16.7 Å². The summed E-state index contributed by atoms with van der Waals surface area (Å²) < 4.78 is 6.03. The third kappa shape index (κ3) is 3.03. The summed E-state index contributed by atoms with van der Waals surface area (Å²) in [4.78, 5) is 11.1. The van der Waals surface area contributed by atoms with E-state index in [4.69, 9.17) is 14.5 Å². The van der Waals surface area contributed by atoms with E-state index in [1.165, 1.54) is 11.1 Å². The molecule has 0 aromatic heterocycles. The van der Waals surface area contributed by atoms with E-state index in [0.717, 1.165) is 24.0 Å². The molecule has 3 nitrogen and oxygen atoms in total. The average molecular weight is 322 g/mol. The fourth-order valence-corrected chi connectivity index (χ4v) is 3.43. The summed E-state index contributed by atoms with van der Waals surface area (Å²) in [5.41, 5.74) is 4.75. The van der Waals surface area contributed by atoms with Crippen molar-refractivity contribution >= 4 is 5.57 Å². The van der Waals surface area contributed by atoms with E-state index in [1.54, 1.807) is 0 Å². The highest BCUT2D eigenvalue weighted by molar-refractivity contribution is 5.73. The van der Waals surface area contributed by atoms with Gasteiger partial charge < -0.3 is 4.74 Å². The lowest BCUT2D eigenvalue weighted by atomic mass is 9.88. The summed E-state index contributed by atoms with van der Waals surface area (Å²) in [6.45, 7) is 3.77. The van der Waals surface area contributed by atoms with Crippen molar-refractivity contribution in [2.24, 2.45) is 0 Å². The van der Waals surface area contributed by atoms with Crippen LogP contribution in [-0.2, 0) is 14.5 Å². The lowest BCUT2D eigenvalue weighted by Gasteiger charge is -2.42. The number of rotatable bonds is 2. The SMILES string of the molecule is CC1(C)OO[C@H]2C(c3ccc(-c4ccccc4)cc3)=CCC[C@@H]2O1. The molecular formula is C21H22O3. The van der Waals surface area contributed by atoms with Gasteiger partial charge in [0.15, 0.2) is 5.79 Å². The largest absolute Gasteiger partial charge is 0.341 e. The predicted octanol–water partition coefficient (Wildman–Crippen LogP) is 4.98. The van der Waals surface area contributed by atoms with Gasteiger partial charge in [-0.05, 0) is 49.0 Å². The molecule has 0 spiro atoms. The Morgan fingerprint density at radius 3 is 2.29 bits per heavy atom. The standard InChI is InChI=1S/C21H22O3/c1-21(2)22-19-10-6-9-18(20(19)23-24-21)17-13-11-16(12-14-17)15-7-4-3-5-8-15/h3-5,7-9,11-14,19-20H,6,10H2,1-2H3/t19-,20-/m0/s1. The topological polar surface area (TPSA) is 27.7 Å². The lowest BCUT2D eigenvalue weighted by molar-refractivity contribution is -0.484. The molecule has 0 saturated carbocycles. The van der Waals surface area contributed by atoms with E-state index < -0.39 is 5.79 Å². The molecule has 4 rings (SSSR count). The van der Waals surface area contributed by atoms with Gasteiger partial charge in [-0.15, -0.1) is 0 Å². The van der Waals surface area contributed by atoms with Crippen LogP contribution in [0.3, 0.4) is 0 Å². The van der Waals surface area contributed by atoms with E-state index in [1.807, 2.05) is 19.9 Å². The Labute approximate surface area is 142 Å². The molecule has 2 atom stereocenters. The predicted molar refractivity (Wildman–Crippen MR) is 94.0 cm³/mol. The monoisotopic (exact) mass is 322 g/mol. The Kier molecular flexibility index (Phi) is 4.01. The van der Waals surface area contributed by atoms with Crippen molar-refractivity contribution < 1.29 is 14.5 Å². The van der Waals surface area contributed by atoms with Crippen molar-refractivity contribution in [3.8, 4) is 11.1 Å². The average Bonchev–Trinajstić information content (AvgIpc) is 2.61. The molecule has 0 bridgehead atoms. The molecule has 1 heterocycles. The fourth-order valence-electron chi connectivity index (χ4n) is 3.43. The maximum Gasteiger partial charge on any atom is 0.196 e. The molecule has 0 amide bonds. The number of allylic oxidation sites excluding steroid dienone is 1. The molecule has 3 heteroatoms.